The molecule has 0 unspecified atom stereocenters. The number of hydrogen-bond acceptors (Lipinski definition) is 4. The predicted octanol–water partition coefficient (Wildman–Crippen LogP) is 2.23. The van der Waals surface area contributed by atoms with Crippen LogP contribution < -0.4 is 15.5 Å². The Morgan fingerprint density at radius 2 is 1.69 bits per heavy atom. The second-order valence-corrected chi connectivity index (χ2v) is 6.85. The molecule has 0 aromatic heterocycles. The molecular formula is C21H24F2N4O2. The zero-order chi connectivity index (χ0) is 20.6. The number of halogens is 2. The molecule has 1 saturated heterocycles. The molecule has 0 saturated carbocycles. The van der Waals surface area contributed by atoms with E-state index in [1.807, 2.05) is 11.0 Å². The Hall–Kier alpha value is -3.00. The van der Waals surface area contributed by atoms with Gasteiger partial charge in [0, 0.05) is 38.4 Å². The van der Waals surface area contributed by atoms with Gasteiger partial charge in [0.15, 0.2) is 0 Å². The van der Waals surface area contributed by atoms with Crippen LogP contribution in [0.25, 0.3) is 0 Å². The molecular weight excluding hydrogens is 378 g/mol. The van der Waals surface area contributed by atoms with Gasteiger partial charge in [-0.1, -0.05) is 18.2 Å². The lowest BCUT2D eigenvalue weighted by atomic mass is 10.2. The van der Waals surface area contributed by atoms with Crippen molar-refractivity contribution in [3.63, 3.8) is 0 Å². The van der Waals surface area contributed by atoms with E-state index in [9.17, 15) is 18.4 Å². The lowest BCUT2D eigenvalue weighted by Gasteiger charge is -2.36. The maximum atomic E-state index is 13.9. The van der Waals surface area contributed by atoms with E-state index in [0.29, 0.717) is 18.7 Å². The molecule has 1 heterocycles. The van der Waals surface area contributed by atoms with Gasteiger partial charge in [-0.05, 0) is 43.3 Å². The summed E-state index contributed by atoms with van der Waals surface area (Å²) >= 11 is 0. The summed E-state index contributed by atoms with van der Waals surface area (Å²) in [6.07, 6.45) is 0.693. The summed E-state index contributed by atoms with van der Waals surface area (Å²) in [5, 5.41) is 4.93. The van der Waals surface area contributed by atoms with E-state index in [4.69, 9.17) is 0 Å². The average molecular weight is 402 g/mol. The molecule has 1 aliphatic heterocycles. The molecule has 2 aromatic rings. The summed E-state index contributed by atoms with van der Waals surface area (Å²) in [4.78, 5) is 27.9. The number of hydrogen-bond donors (Lipinski definition) is 2. The molecule has 0 spiro atoms. The number of rotatable bonds is 6. The van der Waals surface area contributed by atoms with Gasteiger partial charge in [-0.3, -0.25) is 14.5 Å². The number of carbonyl (C=O) groups is 2. The maximum Gasteiger partial charge on any atom is 0.313 e. The summed E-state index contributed by atoms with van der Waals surface area (Å²) in [5.41, 5.74) is 0.863. The van der Waals surface area contributed by atoms with Gasteiger partial charge < -0.3 is 15.5 Å². The number of nitrogens with zero attached hydrogens (tertiary/aromatic N) is 2. The second-order valence-electron chi connectivity index (χ2n) is 6.85. The Morgan fingerprint density at radius 1 is 0.931 bits per heavy atom. The Bertz CT molecular complexity index is 854. The third-order valence-corrected chi connectivity index (χ3v) is 4.79. The Labute approximate surface area is 168 Å². The fraction of sp³-hybridized carbons (Fsp3) is 0.333. The van der Waals surface area contributed by atoms with Gasteiger partial charge in [-0.15, -0.1) is 0 Å². The van der Waals surface area contributed by atoms with Crippen LogP contribution in [0.2, 0.25) is 0 Å². The molecule has 0 bridgehead atoms. The van der Waals surface area contributed by atoms with E-state index >= 15 is 0 Å². The largest absolute Gasteiger partial charge is 0.367 e. The SMILES string of the molecule is O=C(NCCCN1CCN(c2ccccc2F)CC1)C(=O)Nc1cccc(F)c1. The maximum absolute atomic E-state index is 13.9. The van der Waals surface area contributed by atoms with Crippen LogP contribution in [0.4, 0.5) is 20.2 Å². The Balaban J connectivity index is 1.33. The van der Waals surface area contributed by atoms with Gasteiger partial charge in [0.1, 0.15) is 11.6 Å². The first-order valence-corrected chi connectivity index (χ1v) is 9.59. The van der Waals surface area contributed by atoms with Crippen LogP contribution in [-0.2, 0) is 9.59 Å². The highest BCUT2D eigenvalue weighted by Gasteiger charge is 2.19. The van der Waals surface area contributed by atoms with Gasteiger partial charge >= 0.3 is 11.8 Å². The number of benzene rings is 2. The van der Waals surface area contributed by atoms with Crippen LogP contribution in [0.15, 0.2) is 48.5 Å². The van der Waals surface area contributed by atoms with Gasteiger partial charge in [-0.2, -0.15) is 0 Å². The number of nitrogens with one attached hydrogen (secondary N) is 2. The van der Waals surface area contributed by atoms with Crippen molar-refractivity contribution in [3.05, 3.63) is 60.2 Å². The summed E-state index contributed by atoms with van der Waals surface area (Å²) in [6, 6.07) is 12.1. The van der Waals surface area contributed by atoms with Gasteiger partial charge in [0.25, 0.3) is 0 Å². The van der Waals surface area contributed by atoms with Crippen molar-refractivity contribution in [1.82, 2.24) is 10.2 Å². The lowest BCUT2D eigenvalue weighted by Crippen LogP contribution is -2.47. The molecule has 2 amide bonds. The van der Waals surface area contributed by atoms with Crippen molar-refractivity contribution in [2.24, 2.45) is 0 Å². The fourth-order valence-electron chi connectivity index (χ4n) is 3.26. The van der Waals surface area contributed by atoms with Crippen molar-refractivity contribution in [2.75, 3.05) is 49.5 Å². The standard InChI is InChI=1S/C21H24F2N4O2/c22-16-5-3-6-17(15-16)25-21(29)20(28)24-9-4-10-26-11-13-27(14-12-26)19-8-2-1-7-18(19)23/h1-3,5-8,15H,4,9-14H2,(H,24,28)(H,25,29). The first kappa shape index (κ1) is 20.7. The normalized spacial score (nSPS) is 14.5. The van der Waals surface area contributed by atoms with E-state index in [2.05, 4.69) is 15.5 Å². The molecule has 1 aliphatic rings. The quantitative estimate of drug-likeness (QED) is 0.575. The number of carbonyl (C=O) groups excluding carboxylic acids is 2. The van der Waals surface area contributed by atoms with E-state index < -0.39 is 17.6 Å². The fourth-order valence-corrected chi connectivity index (χ4v) is 3.26. The Kier molecular flexibility index (Phi) is 7.13. The summed E-state index contributed by atoms with van der Waals surface area (Å²) in [7, 11) is 0. The van der Waals surface area contributed by atoms with Crippen molar-refractivity contribution >= 4 is 23.2 Å². The van der Waals surface area contributed by atoms with E-state index in [0.717, 1.165) is 38.8 Å². The van der Waals surface area contributed by atoms with Crippen molar-refractivity contribution in [2.45, 2.75) is 6.42 Å². The third kappa shape index (κ3) is 5.99. The van der Waals surface area contributed by atoms with Crippen LogP contribution in [0.5, 0.6) is 0 Å². The average Bonchev–Trinajstić information content (AvgIpc) is 2.72. The highest BCUT2D eigenvalue weighted by atomic mass is 19.1. The summed E-state index contributed by atoms with van der Waals surface area (Å²) < 4.78 is 27.0. The predicted molar refractivity (Wildman–Crippen MR) is 108 cm³/mol. The summed E-state index contributed by atoms with van der Waals surface area (Å²) in [5.74, 6) is -2.27. The van der Waals surface area contributed by atoms with Crippen LogP contribution >= 0.6 is 0 Å². The highest BCUT2D eigenvalue weighted by molar-refractivity contribution is 6.39. The molecule has 2 aromatic carbocycles. The lowest BCUT2D eigenvalue weighted by molar-refractivity contribution is -0.136. The third-order valence-electron chi connectivity index (χ3n) is 4.79. The van der Waals surface area contributed by atoms with Gasteiger partial charge in [0.05, 0.1) is 5.69 Å². The number of anilines is 2. The molecule has 6 nitrogen and oxygen atoms in total. The highest BCUT2D eigenvalue weighted by Crippen LogP contribution is 2.20. The first-order chi connectivity index (χ1) is 14.0. The smallest absolute Gasteiger partial charge is 0.313 e. The van der Waals surface area contributed by atoms with Gasteiger partial charge in [0.2, 0.25) is 0 Å². The topological polar surface area (TPSA) is 64.7 Å². The number of piperazine rings is 1. The number of amides is 2. The monoisotopic (exact) mass is 402 g/mol. The molecule has 29 heavy (non-hydrogen) atoms. The van der Waals surface area contributed by atoms with Crippen molar-refractivity contribution < 1.29 is 18.4 Å². The summed E-state index contributed by atoms with van der Waals surface area (Å²) in [6.45, 7) is 4.23. The van der Waals surface area contributed by atoms with Crippen LogP contribution in [-0.4, -0.2) is 56.0 Å². The minimum Gasteiger partial charge on any atom is -0.367 e. The van der Waals surface area contributed by atoms with Crippen LogP contribution in [0.1, 0.15) is 6.42 Å². The molecule has 8 heteroatoms. The van der Waals surface area contributed by atoms with Crippen LogP contribution in [0, 0.1) is 11.6 Å². The second kappa shape index (κ2) is 9.97. The zero-order valence-electron chi connectivity index (χ0n) is 16.0. The zero-order valence-corrected chi connectivity index (χ0v) is 16.0. The molecule has 0 atom stereocenters. The van der Waals surface area contributed by atoms with Crippen molar-refractivity contribution in [3.8, 4) is 0 Å². The minimum absolute atomic E-state index is 0.208. The van der Waals surface area contributed by atoms with E-state index in [1.54, 1.807) is 12.1 Å². The molecule has 0 aliphatic carbocycles. The minimum atomic E-state index is -0.825. The first-order valence-electron chi connectivity index (χ1n) is 9.59. The van der Waals surface area contributed by atoms with E-state index in [1.165, 1.54) is 24.3 Å². The Morgan fingerprint density at radius 3 is 2.41 bits per heavy atom. The molecule has 154 valence electrons. The van der Waals surface area contributed by atoms with E-state index in [-0.39, 0.29) is 11.5 Å². The van der Waals surface area contributed by atoms with Gasteiger partial charge in [-0.25, -0.2) is 8.78 Å². The molecule has 1 fully saturated rings. The number of para-hydroxylation sites is 1. The molecule has 2 N–H and O–H groups in total. The molecule has 0 radical (unpaired) electrons. The van der Waals surface area contributed by atoms with Crippen LogP contribution in [0.3, 0.4) is 0 Å². The molecule has 3 rings (SSSR count). The van der Waals surface area contributed by atoms with Crippen molar-refractivity contribution in [1.29, 1.82) is 0 Å².